The summed E-state index contributed by atoms with van der Waals surface area (Å²) >= 11 is 0. The van der Waals surface area contributed by atoms with Crippen LogP contribution in [0.25, 0.3) is 0 Å². The van der Waals surface area contributed by atoms with E-state index in [0.717, 1.165) is 24.5 Å². The number of hydrogen-bond acceptors (Lipinski definition) is 4. The topological polar surface area (TPSA) is 54.7 Å². The number of hydrazine groups is 1. The zero-order valence-corrected chi connectivity index (χ0v) is 15.1. The Morgan fingerprint density at radius 3 is 2.17 bits per heavy atom. The summed E-state index contributed by atoms with van der Waals surface area (Å²) in [4.78, 5) is 7.01. The number of nitrogens with zero attached hydrogens (tertiary/aromatic N) is 3. The average molecular weight is 315 g/mol. The fourth-order valence-electron chi connectivity index (χ4n) is 2.78. The second-order valence-corrected chi connectivity index (χ2v) is 6.89. The number of anilines is 1. The van der Waals surface area contributed by atoms with Gasteiger partial charge in [0.25, 0.3) is 0 Å². The molecule has 1 aromatic carbocycles. The first kappa shape index (κ1) is 17.5. The summed E-state index contributed by atoms with van der Waals surface area (Å²) in [5.74, 6) is 0.456. The second kappa shape index (κ2) is 6.71. The van der Waals surface area contributed by atoms with E-state index in [4.69, 9.17) is 10.4 Å². The van der Waals surface area contributed by atoms with Gasteiger partial charge in [-0.05, 0) is 65.8 Å². The molecule has 1 aliphatic rings. The van der Waals surface area contributed by atoms with Crippen molar-refractivity contribution in [2.24, 2.45) is 4.99 Å². The van der Waals surface area contributed by atoms with Gasteiger partial charge in [0.1, 0.15) is 5.71 Å². The van der Waals surface area contributed by atoms with E-state index in [1.54, 1.807) is 0 Å². The van der Waals surface area contributed by atoms with Gasteiger partial charge in [0.2, 0.25) is 0 Å². The van der Waals surface area contributed by atoms with Crippen molar-refractivity contribution in [3.05, 3.63) is 24.3 Å². The van der Waals surface area contributed by atoms with Crippen molar-refractivity contribution in [1.29, 1.82) is 5.41 Å². The lowest BCUT2D eigenvalue weighted by Gasteiger charge is -2.32. The first-order valence-corrected chi connectivity index (χ1v) is 8.36. The normalized spacial score (nSPS) is 20.4. The molecule has 5 heteroatoms. The molecule has 0 aliphatic carbocycles. The molecule has 0 aromatic heterocycles. The summed E-state index contributed by atoms with van der Waals surface area (Å²) < 4.78 is 0. The van der Waals surface area contributed by atoms with Gasteiger partial charge < -0.3 is 4.90 Å². The van der Waals surface area contributed by atoms with E-state index in [9.17, 15) is 0 Å². The van der Waals surface area contributed by atoms with Gasteiger partial charge in [-0.15, -0.1) is 0 Å². The van der Waals surface area contributed by atoms with Gasteiger partial charge in [0, 0.05) is 24.3 Å². The minimum atomic E-state index is -0.144. The minimum Gasteiger partial charge on any atom is -0.372 e. The van der Waals surface area contributed by atoms with E-state index in [0.29, 0.717) is 5.84 Å². The maximum atomic E-state index is 8.39. The molecule has 0 bridgehead atoms. The zero-order chi connectivity index (χ0) is 17.2. The number of benzene rings is 1. The first-order valence-electron chi connectivity index (χ1n) is 8.36. The van der Waals surface area contributed by atoms with Gasteiger partial charge in [-0.3, -0.25) is 10.4 Å². The fourth-order valence-corrected chi connectivity index (χ4v) is 2.78. The van der Waals surface area contributed by atoms with Crippen LogP contribution >= 0.6 is 0 Å². The molecular weight excluding hydrogens is 286 g/mol. The summed E-state index contributed by atoms with van der Waals surface area (Å²) in [6, 6.07) is 8.31. The lowest BCUT2D eigenvalue weighted by molar-refractivity contribution is 0.175. The molecule has 0 amide bonds. The van der Waals surface area contributed by atoms with Crippen molar-refractivity contribution < 1.29 is 0 Å². The Labute approximate surface area is 139 Å². The molecule has 1 heterocycles. The Balaban J connectivity index is 2.23. The molecule has 1 fully saturated rings. The molecule has 0 saturated carbocycles. The van der Waals surface area contributed by atoms with Gasteiger partial charge in [0.05, 0.1) is 11.7 Å². The largest absolute Gasteiger partial charge is 0.372 e. The highest BCUT2D eigenvalue weighted by molar-refractivity contribution is 6.44. The molecule has 126 valence electrons. The fraction of sp³-hybridized carbons (Fsp3) is 0.556. The molecule has 1 atom stereocenters. The van der Waals surface area contributed by atoms with E-state index in [1.165, 1.54) is 5.69 Å². The van der Waals surface area contributed by atoms with Crippen LogP contribution in [-0.4, -0.2) is 41.2 Å². The van der Waals surface area contributed by atoms with Crippen molar-refractivity contribution in [1.82, 2.24) is 10.4 Å². The third kappa shape index (κ3) is 3.72. The van der Waals surface area contributed by atoms with Gasteiger partial charge >= 0.3 is 0 Å². The van der Waals surface area contributed by atoms with Crippen LogP contribution in [-0.2, 0) is 0 Å². The monoisotopic (exact) mass is 315 g/mol. The maximum Gasteiger partial charge on any atom is 0.159 e. The van der Waals surface area contributed by atoms with E-state index in [-0.39, 0.29) is 11.6 Å². The van der Waals surface area contributed by atoms with E-state index >= 15 is 0 Å². The van der Waals surface area contributed by atoms with Crippen LogP contribution in [0, 0.1) is 5.41 Å². The van der Waals surface area contributed by atoms with Crippen LogP contribution in [0.3, 0.4) is 0 Å². The van der Waals surface area contributed by atoms with Crippen LogP contribution in [0.1, 0.15) is 41.5 Å². The molecule has 1 aliphatic heterocycles. The summed E-state index contributed by atoms with van der Waals surface area (Å²) in [6.07, 6.45) is 0. The highest BCUT2D eigenvalue weighted by Gasteiger charge is 2.36. The predicted octanol–water partition coefficient (Wildman–Crippen LogP) is 3.59. The summed E-state index contributed by atoms with van der Waals surface area (Å²) in [5, 5.41) is 10.3. The Morgan fingerprint density at radius 2 is 1.74 bits per heavy atom. The van der Waals surface area contributed by atoms with Crippen molar-refractivity contribution >= 4 is 22.9 Å². The minimum absolute atomic E-state index is 0.0455. The Morgan fingerprint density at radius 1 is 1.17 bits per heavy atom. The zero-order valence-electron chi connectivity index (χ0n) is 15.1. The SMILES string of the molecule is CCN(CC)c1ccc(N=C2C(=N)N(C(C)(C)C)NC2C)cc1. The molecule has 2 rings (SSSR count). The number of amidine groups is 1. The molecule has 23 heavy (non-hydrogen) atoms. The Hall–Kier alpha value is -1.88. The number of hydrogen-bond donors (Lipinski definition) is 2. The van der Waals surface area contributed by atoms with Gasteiger partial charge in [-0.25, -0.2) is 10.4 Å². The lowest BCUT2D eigenvalue weighted by atomic mass is 10.1. The molecule has 1 saturated heterocycles. The first-order chi connectivity index (χ1) is 10.8. The maximum absolute atomic E-state index is 8.39. The quantitative estimate of drug-likeness (QED) is 0.893. The molecule has 0 radical (unpaired) electrons. The average Bonchev–Trinajstić information content (AvgIpc) is 2.78. The summed E-state index contributed by atoms with van der Waals surface area (Å²) in [5.41, 5.74) is 6.08. The molecule has 1 unspecified atom stereocenters. The molecular formula is C18H29N5. The third-order valence-electron chi connectivity index (χ3n) is 4.10. The van der Waals surface area contributed by atoms with Crippen LogP contribution in [0.15, 0.2) is 29.3 Å². The van der Waals surface area contributed by atoms with Gasteiger partial charge in [-0.1, -0.05) is 0 Å². The summed E-state index contributed by atoms with van der Waals surface area (Å²) in [6.45, 7) is 14.6. The van der Waals surface area contributed by atoms with Gasteiger partial charge in [-0.2, -0.15) is 0 Å². The van der Waals surface area contributed by atoms with Gasteiger partial charge in [0.15, 0.2) is 5.84 Å². The molecule has 2 N–H and O–H groups in total. The number of rotatable bonds is 4. The highest BCUT2D eigenvalue weighted by atomic mass is 15.6. The Bertz CT molecular complexity index is 578. The third-order valence-corrected chi connectivity index (χ3v) is 4.10. The predicted molar refractivity (Wildman–Crippen MR) is 99.0 cm³/mol. The van der Waals surface area contributed by atoms with E-state index < -0.39 is 0 Å². The van der Waals surface area contributed by atoms with Crippen LogP contribution < -0.4 is 10.3 Å². The standard InChI is InChI=1S/C18H29N5/c1-7-22(8-2)15-11-9-14(10-12-15)20-16-13(3)21-23(17(16)19)18(4,5)6/h9-13,19,21H,7-8H2,1-6H3. The lowest BCUT2D eigenvalue weighted by Crippen LogP contribution is -2.49. The van der Waals surface area contributed by atoms with Crippen LogP contribution in [0.4, 0.5) is 11.4 Å². The molecule has 0 spiro atoms. The van der Waals surface area contributed by atoms with Crippen molar-refractivity contribution in [3.63, 3.8) is 0 Å². The number of nitrogens with one attached hydrogen (secondary N) is 2. The number of aliphatic imine (C=N–C) groups is 1. The van der Waals surface area contributed by atoms with Crippen molar-refractivity contribution in [3.8, 4) is 0 Å². The smallest absolute Gasteiger partial charge is 0.159 e. The van der Waals surface area contributed by atoms with Crippen molar-refractivity contribution in [2.75, 3.05) is 18.0 Å². The van der Waals surface area contributed by atoms with Crippen LogP contribution in [0.2, 0.25) is 0 Å². The van der Waals surface area contributed by atoms with Crippen LogP contribution in [0.5, 0.6) is 0 Å². The van der Waals surface area contributed by atoms with Crippen molar-refractivity contribution in [2.45, 2.75) is 53.1 Å². The second-order valence-electron chi connectivity index (χ2n) is 6.89. The summed E-state index contributed by atoms with van der Waals surface area (Å²) in [7, 11) is 0. The van der Waals surface area contributed by atoms with E-state index in [1.807, 2.05) is 24.1 Å². The molecule has 1 aromatic rings. The van der Waals surface area contributed by atoms with E-state index in [2.05, 4.69) is 57.1 Å². The highest BCUT2D eigenvalue weighted by Crippen LogP contribution is 2.23. The Kier molecular flexibility index (Phi) is 5.09. The molecule has 5 nitrogen and oxygen atoms in total.